The van der Waals surface area contributed by atoms with Crippen LogP contribution in [0.15, 0.2) is 4.99 Å². The van der Waals surface area contributed by atoms with Gasteiger partial charge in [0.2, 0.25) is 5.91 Å². The largest absolute Gasteiger partial charge is 0.355 e. The van der Waals surface area contributed by atoms with Gasteiger partial charge in [-0.3, -0.25) is 9.79 Å². The zero-order chi connectivity index (χ0) is 17.5. The molecule has 0 heterocycles. The molecule has 0 aromatic rings. The number of carbonyl (C=O) groups is 1. The molecule has 0 spiro atoms. The van der Waals surface area contributed by atoms with Crippen LogP contribution >= 0.6 is 24.0 Å². The summed E-state index contributed by atoms with van der Waals surface area (Å²) in [5.74, 6) is 0.764. The molecule has 0 atom stereocenters. The predicted molar refractivity (Wildman–Crippen MR) is 112 cm³/mol. The third-order valence-corrected chi connectivity index (χ3v) is 4.16. The van der Waals surface area contributed by atoms with Gasteiger partial charge in [0.15, 0.2) is 5.96 Å². The van der Waals surface area contributed by atoms with Crippen LogP contribution in [0.3, 0.4) is 0 Å². The molecule has 1 aliphatic rings. The van der Waals surface area contributed by atoms with Gasteiger partial charge in [0.25, 0.3) is 0 Å². The average Bonchev–Trinajstić information content (AvgIpc) is 2.95. The standard InChI is InChI=1S/C17H35N5O.HI/c1-17(2,3)20-15(23)13-22(6)16(18-4)19-11-12-21(5)14-9-7-8-10-14;/h14H,7-13H2,1-6H3,(H,18,19)(H,20,23);1H. The van der Waals surface area contributed by atoms with E-state index in [9.17, 15) is 4.79 Å². The molecule has 24 heavy (non-hydrogen) atoms. The van der Waals surface area contributed by atoms with Crippen molar-refractivity contribution in [1.29, 1.82) is 0 Å². The first kappa shape index (κ1) is 23.4. The third-order valence-electron chi connectivity index (χ3n) is 4.16. The van der Waals surface area contributed by atoms with Gasteiger partial charge in [0.1, 0.15) is 0 Å². The van der Waals surface area contributed by atoms with Crippen LogP contribution in [0.1, 0.15) is 46.5 Å². The Hall–Kier alpha value is -0.570. The van der Waals surface area contributed by atoms with Gasteiger partial charge in [-0.2, -0.15) is 0 Å². The maximum absolute atomic E-state index is 12.0. The summed E-state index contributed by atoms with van der Waals surface area (Å²) in [6, 6.07) is 0.731. The Labute approximate surface area is 164 Å². The summed E-state index contributed by atoms with van der Waals surface area (Å²) in [6.45, 7) is 8.08. The molecule has 0 aromatic heterocycles. The summed E-state index contributed by atoms with van der Waals surface area (Å²) in [6.07, 6.45) is 5.35. The topological polar surface area (TPSA) is 60.0 Å². The molecule has 7 heteroatoms. The summed E-state index contributed by atoms with van der Waals surface area (Å²) < 4.78 is 0. The number of nitrogens with zero attached hydrogens (tertiary/aromatic N) is 3. The molecule has 0 saturated heterocycles. The van der Waals surface area contributed by atoms with Gasteiger partial charge in [-0.1, -0.05) is 12.8 Å². The van der Waals surface area contributed by atoms with Crippen LogP contribution in [0.4, 0.5) is 0 Å². The lowest BCUT2D eigenvalue weighted by molar-refractivity contribution is -0.122. The van der Waals surface area contributed by atoms with E-state index in [4.69, 9.17) is 0 Å². The number of amides is 1. The smallest absolute Gasteiger partial charge is 0.240 e. The van der Waals surface area contributed by atoms with E-state index in [0.717, 1.165) is 25.1 Å². The van der Waals surface area contributed by atoms with E-state index in [2.05, 4.69) is 27.6 Å². The Morgan fingerprint density at radius 1 is 1.21 bits per heavy atom. The highest BCUT2D eigenvalue weighted by Gasteiger charge is 2.19. The molecular formula is C17H36IN5O. The minimum atomic E-state index is -0.209. The average molecular weight is 453 g/mol. The lowest BCUT2D eigenvalue weighted by Crippen LogP contribution is -2.49. The number of halogens is 1. The van der Waals surface area contributed by atoms with Gasteiger partial charge in [-0.05, 0) is 40.7 Å². The molecule has 1 amide bonds. The Morgan fingerprint density at radius 3 is 2.29 bits per heavy atom. The minimum absolute atomic E-state index is 0. The van der Waals surface area contributed by atoms with Crippen LogP contribution in [-0.4, -0.2) is 74.0 Å². The Kier molecular flexibility index (Phi) is 10.9. The molecule has 2 N–H and O–H groups in total. The van der Waals surface area contributed by atoms with E-state index < -0.39 is 0 Å². The molecule has 0 bridgehead atoms. The van der Waals surface area contributed by atoms with E-state index in [-0.39, 0.29) is 35.4 Å². The van der Waals surface area contributed by atoms with E-state index >= 15 is 0 Å². The predicted octanol–water partition coefficient (Wildman–Crippen LogP) is 1.90. The van der Waals surface area contributed by atoms with Crippen LogP contribution in [0, 0.1) is 0 Å². The number of aliphatic imine (C=N–C) groups is 1. The molecule has 1 rings (SSSR count). The van der Waals surface area contributed by atoms with Gasteiger partial charge in [-0.25, -0.2) is 0 Å². The maximum Gasteiger partial charge on any atom is 0.240 e. The molecule has 6 nitrogen and oxygen atoms in total. The van der Waals surface area contributed by atoms with Gasteiger partial charge in [-0.15, -0.1) is 24.0 Å². The first-order valence-corrected chi connectivity index (χ1v) is 8.66. The van der Waals surface area contributed by atoms with Crippen molar-refractivity contribution in [2.75, 3.05) is 40.8 Å². The van der Waals surface area contributed by atoms with Crippen molar-refractivity contribution in [3.8, 4) is 0 Å². The Morgan fingerprint density at radius 2 is 1.79 bits per heavy atom. The lowest BCUT2D eigenvalue weighted by Gasteiger charge is -2.27. The molecular weight excluding hydrogens is 417 g/mol. The van der Waals surface area contributed by atoms with Crippen LogP contribution in [0.2, 0.25) is 0 Å². The summed E-state index contributed by atoms with van der Waals surface area (Å²) in [5, 5.41) is 6.31. The molecule has 0 unspecified atom stereocenters. The highest BCUT2D eigenvalue weighted by atomic mass is 127. The summed E-state index contributed by atoms with van der Waals surface area (Å²) in [5.41, 5.74) is -0.209. The molecule has 0 aromatic carbocycles. The zero-order valence-corrected chi connectivity index (χ0v) is 18.5. The number of rotatable bonds is 6. The monoisotopic (exact) mass is 453 g/mol. The second-order valence-corrected chi connectivity index (χ2v) is 7.55. The molecule has 1 fully saturated rings. The number of nitrogens with one attached hydrogen (secondary N) is 2. The second kappa shape index (κ2) is 11.1. The first-order chi connectivity index (χ1) is 10.7. The highest BCUT2D eigenvalue weighted by molar-refractivity contribution is 14.0. The summed E-state index contributed by atoms with van der Waals surface area (Å²) in [4.78, 5) is 20.6. The van der Waals surface area contributed by atoms with Crippen molar-refractivity contribution in [1.82, 2.24) is 20.4 Å². The number of likely N-dealkylation sites (N-methyl/N-ethyl adjacent to an activating group) is 2. The SMILES string of the molecule is CN=C(NCCN(C)C1CCCC1)N(C)CC(=O)NC(C)(C)C.I. The Balaban J connectivity index is 0.00000529. The van der Waals surface area contributed by atoms with E-state index in [1.54, 1.807) is 7.05 Å². The molecule has 0 radical (unpaired) electrons. The Bertz CT molecular complexity index is 402. The second-order valence-electron chi connectivity index (χ2n) is 7.55. The normalized spacial score (nSPS) is 16.0. The first-order valence-electron chi connectivity index (χ1n) is 8.66. The lowest BCUT2D eigenvalue weighted by atomic mass is 10.1. The maximum atomic E-state index is 12.0. The van der Waals surface area contributed by atoms with Gasteiger partial charge in [0.05, 0.1) is 6.54 Å². The van der Waals surface area contributed by atoms with Crippen molar-refractivity contribution < 1.29 is 4.79 Å². The van der Waals surface area contributed by atoms with Crippen LogP contribution in [0.25, 0.3) is 0 Å². The van der Waals surface area contributed by atoms with Crippen molar-refractivity contribution in [3.05, 3.63) is 0 Å². The van der Waals surface area contributed by atoms with Crippen LogP contribution in [0.5, 0.6) is 0 Å². The molecule has 1 aliphatic carbocycles. The van der Waals surface area contributed by atoms with E-state index in [1.165, 1.54) is 25.7 Å². The van der Waals surface area contributed by atoms with Crippen molar-refractivity contribution >= 4 is 35.8 Å². The van der Waals surface area contributed by atoms with E-state index in [0.29, 0.717) is 6.54 Å². The zero-order valence-electron chi connectivity index (χ0n) is 16.2. The van der Waals surface area contributed by atoms with Gasteiger partial charge < -0.3 is 20.4 Å². The van der Waals surface area contributed by atoms with Crippen molar-refractivity contribution in [2.45, 2.75) is 58.0 Å². The number of carbonyl (C=O) groups excluding carboxylic acids is 1. The fourth-order valence-corrected chi connectivity index (χ4v) is 3.00. The van der Waals surface area contributed by atoms with Crippen LogP contribution in [-0.2, 0) is 4.79 Å². The fourth-order valence-electron chi connectivity index (χ4n) is 3.00. The number of hydrogen-bond donors (Lipinski definition) is 2. The van der Waals surface area contributed by atoms with Crippen molar-refractivity contribution in [2.24, 2.45) is 4.99 Å². The highest BCUT2D eigenvalue weighted by Crippen LogP contribution is 2.21. The van der Waals surface area contributed by atoms with Crippen molar-refractivity contribution in [3.63, 3.8) is 0 Å². The van der Waals surface area contributed by atoms with E-state index in [1.807, 2.05) is 32.7 Å². The van der Waals surface area contributed by atoms with Gasteiger partial charge in [0, 0.05) is 38.8 Å². The number of guanidine groups is 1. The number of hydrogen-bond acceptors (Lipinski definition) is 3. The van der Waals surface area contributed by atoms with Crippen LogP contribution < -0.4 is 10.6 Å². The molecule has 142 valence electrons. The fraction of sp³-hybridized carbons (Fsp3) is 0.882. The van der Waals surface area contributed by atoms with Gasteiger partial charge >= 0.3 is 0 Å². The summed E-state index contributed by atoms with van der Waals surface area (Å²) in [7, 11) is 5.83. The molecule has 1 saturated carbocycles. The minimum Gasteiger partial charge on any atom is -0.355 e. The summed E-state index contributed by atoms with van der Waals surface area (Å²) >= 11 is 0. The third kappa shape index (κ3) is 9.05. The quantitative estimate of drug-likeness (QED) is 0.367. The molecule has 0 aliphatic heterocycles.